The van der Waals surface area contributed by atoms with Crippen LogP contribution in [0.5, 0.6) is 5.75 Å². The molecular formula is C17H29NO. The first-order chi connectivity index (χ1) is 8.99. The number of nitrogens with one attached hydrogen (secondary N) is 1. The number of hydrogen-bond acceptors (Lipinski definition) is 2. The molecule has 0 aliphatic rings. The Morgan fingerprint density at radius 1 is 1.11 bits per heavy atom. The van der Waals surface area contributed by atoms with Gasteiger partial charge >= 0.3 is 0 Å². The zero-order valence-corrected chi connectivity index (χ0v) is 13.3. The number of aryl methyl sites for hydroxylation is 3. The third-order valence-electron chi connectivity index (χ3n) is 3.81. The lowest BCUT2D eigenvalue weighted by atomic mass is 10.00. The Hall–Kier alpha value is -1.02. The van der Waals surface area contributed by atoms with Gasteiger partial charge in [-0.2, -0.15) is 0 Å². The van der Waals surface area contributed by atoms with Crippen molar-refractivity contribution in [1.82, 2.24) is 5.32 Å². The van der Waals surface area contributed by atoms with Gasteiger partial charge in [0.1, 0.15) is 12.4 Å². The van der Waals surface area contributed by atoms with Gasteiger partial charge in [0.2, 0.25) is 0 Å². The van der Waals surface area contributed by atoms with Gasteiger partial charge in [0.15, 0.2) is 0 Å². The molecule has 0 fully saturated rings. The van der Waals surface area contributed by atoms with Crippen molar-refractivity contribution in [2.75, 3.05) is 13.2 Å². The molecule has 1 aromatic carbocycles. The van der Waals surface area contributed by atoms with Gasteiger partial charge < -0.3 is 10.1 Å². The summed E-state index contributed by atoms with van der Waals surface area (Å²) in [6.07, 6.45) is 1.17. The summed E-state index contributed by atoms with van der Waals surface area (Å²) >= 11 is 0. The summed E-state index contributed by atoms with van der Waals surface area (Å²) < 4.78 is 6.10. The van der Waals surface area contributed by atoms with Crippen molar-refractivity contribution in [3.05, 3.63) is 28.8 Å². The van der Waals surface area contributed by atoms with Crippen LogP contribution in [-0.2, 0) is 0 Å². The number of hydrogen-bond donors (Lipinski definition) is 1. The summed E-state index contributed by atoms with van der Waals surface area (Å²) in [4.78, 5) is 0. The van der Waals surface area contributed by atoms with Crippen molar-refractivity contribution in [1.29, 1.82) is 0 Å². The summed E-state index contributed by atoms with van der Waals surface area (Å²) in [6, 6.07) is 4.80. The highest BCUT2D eigenvalue weighted by Crippen LogP contribution is 2.25. The second-order valence-corrected chi connectivity index (χ2v) is 5.59. The minimum Gasteiger partial charge on any atom is -0.491 e. The summed E-state index contributed by atoms with van der Waals surface area (Å²) in [5.74, 6) is 1.68. The molecule has 1 rings (SSSR count). The molecule has 0 aliphatic heterocycles. The molecule has 0 heterocycles. The molecule has 2 unspecified atom stereocenters. The Labute approximate surface area is 118 Å². The average molecular weight is 263 g/mol. The Morgan fingerprint density at radius 2 is 1.68 bits per heavy atom. The van der Waals surface area contributed by atoms with E-state index in [9.17, 15) is 0 Å². The fraction of sp³-hybridized carbons (Fsp3) is 0.647. The molecule has 0 amide bonds. The second kappa shape index (κ2) is 7.54. The number of ether oxygens (including phenoxy) is 1. The van der Waals surface area contributed by atoms with E-state index < -0.39 is 0 Å². The lowest BCUT2D eigenvalue weighted by Gasteiger charge is -2.25. The Bertz CT molecular complexity index is 377. The molecule has 0 aliphatic carbocycles. The topological polar surface area (TPSA) is 21.3 Å². The van der Waals surface area contributed by atoms with E-state index in [1.807, 2.05) is 0 Å². The van der Waals surface area contributed by atoms with Crippen LogP contribution in [0.4, 0.5) is 0 Å². The van der Waals surface area contributed by atoms with Crippen molar-refractivity contribution in [2.24, 2.45) is 5.92 Å². The molecule has 2 atom stereocenters. The van der Waals surface area contributed by atoms with E-state index in [-0.39, 0.29) is 0 Å². The maximum absolute atomic E-state index is 6.10. The Kier molecular flexibility index (Phi) is 6.36. The van der Waals surface area contributed by atoms with E-state index in [1.165, 1.54) is 23.1 Å². The van der Waals surface area contributed by atoms with E-state index in [2.05, 4.69) is 59.0 Å². The SMILES string of the molecule is CCNC(COc1c(C)cc(C)cc1C)C(C)CC. The third-order valence-corrected chi connectivity index (χ3v) is 3.81. The van der Waals surface area contributed by atoms with Gasteiger partial charge in [0.25, 0.3) is 0 Å². The van der Waals surface area contributed by atoms with E-state index in [0.29, 0.717) is 12.0 Å². The van der Waals surface area contributed by atoms with Crippen LogP contribution in [-0.4, -0.2) is 19.2 Å². The second-order valence-electron chi connectivity index (χ2n) is 5.59. The lowest BCUT2D eigenvalue weighted by Crippen LogP contribution is -2.39. The quantitative estimate of drug-likeness (QED) is 0.802. The van der Waals surface area contributed by atoms with Crippen molar-refractivity contribution in [3.8, 4) is 5.75 Å². The van der Waals surface area contributed by atoms with Gasteiger partial charge in [-0.3, -0.25) is 0 Å². The molecular weight excluding hydrogens is 234 g/mol. The first kappa shape index (κ1) is 16.0. The molecule has 0 bridgehead atoms. The molecule has 0 spiro atoms. The molecule has 0 saturated heterocycles. The molecule has 1 aromatic rings. The zero-order valence-electron chi connectivity index (χ0n) is 13.3. The Balaban J connectivity index is 2.74. The van der Waals surface area contributed by atoms with Crippen LogP contribution in [0.2, 0.25) is 0 Å². The molecule has 2 heteroatoms. The normalized spacial score (nSPS) is 14.2. The standard InChI is InChI=1S/C17H29NO/c1-7-13(4)16(18-8-2)11-19-17-14(5)9-12(3)10-15(17)6/h9-10,13,16,18H,7-8,11H2,1-6H3. The van der Waals surface area contributed by atoms with Crippen LogP contribution in [0, 0.1) is 26.7 Å². The fourth-order valence-electron chi connectivity index (χ4n) is 2.54. The van der Waals surface area contributed by atoms with Gasteiger partial charge in [-0.15, -0.1) is 0 Å². The highest BCUT2D eigenvalue weighted by Gasteiger charge is 2.16. The average Bonchev–Trinajstić information content (AvgIpc) is 2.35. The summed E-state index contributed by atoms with van der Waals surface area (Å²) in [7, 11) is 0. The van der Waals surface area contributed by atoms with Crippen molar-refractivity contribution < 1.29 is 4.74 Å². The molecule has 108 valence electrons. The first-order valence-electron chi connectivity index (χ1n) is 7.43. The number of likely N-dealkylation sites (N-methyl/N-ethyl adjacent to an activating group) is 1. The lowest BCUT2D eigenvalue weighted by molar-refractivity contribution is 0.220. The van der Waals surface area contributed by atoms with Crippen LogP contribution in [0.3, 0.4) is 0 Å². The van der Waals surface area contributed by atoms with E-state index in [1.54, 1.807) is 0 Å². The molecule has 19 heavy (non-hydrogen) atoms. The van der Waals surface area contributed by atoms with Crippen LogP contribution < -0.4 is 10.1 Å². The van der Waals surface area contributed by atoms with E-state index in [4.69, 9.17) is 4.74 Å². The molecule has 0 radical (unpaired) electrons. The van der Waals surface area contributed by atoms with Crippen LogP contribution in [0.1, 0.15) is 43.9 Å². The van der Waals surface area contributed by atoms with Gasteiger partial charge in [0.05, 0.1) is 0 Å². The Morgan fingerprint density at radius 3 is 2.16 bits per heavy atom. The van der Waals surface area contributed by atoms with Gasteiger partial charge in [-0.1, -0.05) is 44.9 Å². The smallest absolute Gasteiger partial charge is 0.125 e. The molecule has 0 saturated carbocycles. The third kappa shape index (κ3) is 4.54. The van der Waals surface area contributed by atoms with Crippen LogP contribution in [0.25, 0.3) is 0 Å². The van der Waals surface area contributed by atoms with Gasteiger partial charge in [0, 0.05) is 6.04 Å². The highest BCUT2D eigenvalue weighted by molar-refractivity contribution is 5.42. The maximum atomic E-state index is 6.10. The zero-order chi connectivity index (χ0) is 14.4. The number of benzene rings is 1. The van der Waals surface area contributed by atoms with E-state index >= 15 is 0 Å². The van der Waals surface area contributed by atoms with Gasteiger partial charge in [-0.25, -0.2) is 0 Å². The van der Waals surface area contributed by atoms with Crippen LogP contribution in [0.15, 0.2) is 12.1 Å². The summed E-state index contributed by atoms with van der Waals surface area (Å²) in [5, 5.41) is 3.53. The van der Waals surface area contributed by atoms with Crippen LogP contribution >= 0.6 is 0 Å². The fourth-order valence-corrected chi connectivity index (χ4v) is 2.54. The van der Waals surface area contributed by atoms with Gasteiger partial charge in [-0.05, 0) is 44.4 Å². The van der Waals surface area contributed by atoms with Crippen molar-refractivity contribution in [2.45, 2.75) is 54.0 Å². The predicted octanol–water partition coefficient (Wildman–Crippen LogP) is 4.01. The number of rotatable bonds is 7. The first-order valence-corrected chi connectivity index (χ1v) is 7.43. The van der Waals surface area contributed by atoms with Crippen molar-refractivity contribution in [3.63, 3.8) is 0 Å². The monoisotopic (exact) mass is 263 g/mol. The maximum Gasteiger partial charge on any atom is 0.125 e. The van der Waals surface area contributed by atoms with E-state index in [0.717, 1.165) is 18.9 Å². The highest BCUT2D eigenvalue weighted by atomic mass is 16.5. The van der Waals surface area contributed by atoms with Crippen molar-refractivity contribution >= 4 is 0 Å². The molecule has 1 N–H and O–H groups in total. The molecule has 2 nitrogen and oxygen atoms in total. The minimum atomic E-state index is 0.426. The largest absolute Gasteiger partial charge is 0.491 e. The minimum absolute atomic E-state index is 0.426. The summed E-state index contributed by atoms with van der Waals surface area (Å²) in [5.41, 5.74) is 3.77. The predicted molar refractivity (Wildman–Crippen MR) is 83.1 cm³/mol. The molecule has 0 aromatic heterocycles. The summed E-state index contributed by atoms with van der Waals surface area (Å²) in [6.45, 7) is 14.8.